The van der Waals surface area contributed by atoms with Crippen molar-refractivity contribution in [1.82, 2.24) is 4.90 Å². The monoisotopic (exact) mass is 187 g/mol. The summed E-state index contributed by atoms with van der Waals surface area (Å²) in [6, 6.07) is 0. The van der Waals surface area contributed by atoms with Crippen LogP contribution in [0, 0.1) is 0 Å². The average Bonchev–Trinajstić information content (AvgIpc) is 2.32. The summed E-state index contributed by atoms with van der Waals surface area (Å²) in [6.07, 6.45) is 3.18. The van der Waals surface area contributed by atoms with E-state index in [1.165, 1.54) is 23.9 Å². The van der Waals surface area contributed by atoms with Crippen molar-refractivity contribution in [2.24, 2.45) is 0 Å². The average molecular weight is 187 g/mol. The van der Waals surface area contributed by atoms with Gasteiger partial charge in [-0.3, -0.25) is 9.59 Å². The Bertz CT molecular complexity index is 239. The summed E-state index contributed by atoms with van der Waals surface area (Å²) < 4.78 is 0. The Balaban J connectivity index is 2.63. The molecule has 0 aromatic heterocycles. The highest BCUT2D eigenvalue weighted by atomic mass is 32.2. The van der Waals surface area contributed by atoms with Crippen molar-refractivity contribution in [1.29, 1.82) is 0 Å². The number of thioether (sulfide) groups is 1. The third-order valence-corrected chi connectivity index (χ3v) is 1.99. The number of carbonyl (C=O) groups excluding carboxylic acids is 2. The predicted molar refractivity (Wildman–Crippen MR) is 45.4 cm³/mol. The number of amides is 2. The predicted octanol–water partition coefficient (Wildman–Crippen LogP) is -0.407. The molecule has 0 saturated heterocycles. The Morgan fingerprint density at radius 2 is 2.50 bits per heavy atom. The van der Waals surface area contributed by atoms with E-state index in [0.717, 1.165) is 4.90 Å². The number of aliphatic hydroxyl groups excluding tert-OH is 1. The van der Waals surface area contributed by atoms with Gasteiger partial charge in [0.1, 0.15) is 0 Å². The lowest BCUT2D eigenvalue weighted by molar-refractivity contribution is -0.146. The van der Waals surface area contributed by atoms with Crippen LogP contribution in [0.15, 0.2) is 12.2 Å². The van der Waals surface area contributed by atoms with Crippen LogP contribution in [0.3, 0.4) is 0 Å². The van der Waals surface area contributed by atoms with Crippen LogP contribution < -0.4 is 0 Å². The fraction of sp³-hybridized carbons (Fsp3) is 0.429. The normalized spacial score (nSPS) is 22.0. The van der Waals surface area contributed by atoms with Gasteiger partial charge in [-0.2, -0.15) is 11.8 Å². The number of hydrogen-bond acceptors (Lipinski definition) is 4. The number of hydrogen-bond donors (Lipinski definition) is 1. The molecule has 0 bridgehead atoms. The van der Waals surface area contributed by atoms with Crippen molar-refractivity contribution in [3.8, 4) is 0 Å². The Morgan fingerprint density at radius 1 is 1.83 bits per heavy atom. The molecule has 1 heterocycles. The summed E-state index contributed by atoms with van der Waals surface area (Å²) in [5, 5.41) is 9.14. The molecule has 2 amide bonds. The first-order chi connectivity index (χ1) is 5.66. The lowest BCUT2D eigenvalue weighted by Gasteiger charge is -2.17. The minimum Gasteiger partial charge on any atom is -0.369 e. The summed E-state index contributed by atoms with van der Waals surface area (Å²) >= 11 is 1.32. The second-order valence-corrected chi connectivity index (χ2v) is 3.17. The smallest absolute Gasteiger partial charge is 0.255 e. The maximum Gasteiger partial charge on any atom is 0.255 e. The van der Waals surface area contributed by atoms with E-state index in [9.17, 15) is 9.59 Å². The first-order valence-electron chi connectivity index (χ1n) is 3.38. The van der Waals surface area contributed by atoms with Crippen molar-refractivity contribution in [3.05, 3.63) is 12.2 Å². The topological polar surface area (TPSA) is 57.6 Å². The second-order valence-electron chi connectivity index (χ2n) is 2.31. The molecule has 4 nitrogen and oxygen atoms in total. The molecule has 0 fully saturated rings. The largest absolute Gasteiger partial charge is 0.369 e. The molecule has 0 aromatic carbocycles. The summed E-state index contributed by atoms with van der Waals surface area (Å²) in [7, 11) is 0. The minimum absolute atomic E-state index is 0.213. The van der Waals surface area contributed by atoms with Crippen molar-refractivity contribution < 1.29 is 14.7 Å². The Labute approximate surface area is 74.2 Å². The number of carbonyl (C=O) groups is 2. The molecule has 1 atom stereocenters. The number of nitrogens with zero attached hydrogens (tertiary/aromatic N) is 1. The van der Waals surface area contributed by atoms with Crippen LogP contribution >= 0.6 is 11.8 Å². The van der Waals surface area contributed by atoms with E-state index in [0.29, 0.717) is 0 Å². The zero-order valence-electron chi connectivity index (χ0n) is 6.56. The van der Waals surface area contributed by atoms with Gasteiger partial charge in [-0.05, 0) is 12.3 Å². The summed E-state index contributed by atoms with van der Waals surface area (Å²) in [5.74, 6) is -0.587. The molecule has 66 valence electrons. The van der Waals surface area contributed by atoms with Crippen LogP contribution in [0.2, 0.25) is 0 Å². The van der Waals surface area contributed by atoms with Gasteiger partial charge in [0.2, 0.25) is 5.91 Å². The van der Waals surface area contributed by atoms with Gasteiger partial charge in [0.25, 0.3) is 5.91 Å². The highest BCUT2D eigenvalue weighted by Crippen LogP contribution is 2.10. The maximum absolute atomic E-state index is 11.2. The zero-order chi connectivity index (χ0) is 9.14. The van der Waals surface area contributed by atoms with Gasteiger partial charge in [-0.15, -0.1) is 0 Å². The van der Waals surface area contributed by atoms with Gasteiger partial charge in [-0.25, -0.2) is 4.90 Å². The third kappa shape index (κ3) is 1.67. The molecule has 0 aliphatic carbocycles. The van der Waals surface area contributed by atoms with Crippen LogP contribution in [0.5, 0.6) is 0 Å². The number of imide groups is 1. The molecule has 0 unspecified atom stereocenters. The van der Waals surface area contributed by atoms with Crippen molar-refractivity contribution in [2.45, 2.75) is 6.23 Å². The highest BCUT2D eigenvalue weighted by molar-refractivity contribution is 7.99. The highest BCUT2D eigenvalue weighted by Gasteiger charge is 2.29. The molecular formula is C7H9NO3S. The Hall–Kier alpha value is -0.810. The van der Waals surface area contributed by atoms with Gasteiger partial charge in [0, 0.05) is 6.08 Å². The van der Waals surface area contributed by atoms with E-state index in [2.05, 4.69) is 0 Å². The molecule has 5 heteroatoms. The van der Waals surface area contributed by atoms with E-state index >= 15 is 0 Å². The standard InChI is InChI=1S/C7H9NO3S/c1-12-4-7(11)8-5(9)2-3-6(8)10/h2-3,5,9H,4H2,1H3/t5-/m0/s1. The first-order valence-corrected chi connectivity index (χ1v) is 4.77. The fourth-order valence-corrected chi connectivity index (χ4v) is 1.31. The van der Waals surface area contributed by atoms with E-state index < -0.39 is 12.1 Å². The number of aliphatic hydroxyl groups is 1. The number of rotatable bonds is 2. The van der Waals surface area contributed by atoms with E-state index in [4.69, 9.17) is 5.11 Å². The Kier molecular flexibility index (Phi) is 2.88. The summed E-state index contributed by atoms with van der Waals surface area (Å²) in [5.41, 5.74) is 0. The summed E-state index contributed by atoms with van der Waals surface area (Å²) in [6.45, 7) is 0. The van der Waals surface area contributed by atoms with E-state index in [-0.39, 0.29) is 11.7 Å². The van der Waals surface area contributed by atoms with Crippen LogP contribution in [-0.2, 0) is 9.59 Å². The fourth-order valence-electron chi connectivity index (χ4n) is 0.929. The molecule has 0 radical (unpaired) electrons. The van der Waals surface area contributed by atoms with Crippen LogP contribution in [0.25, 0.3) is 0 Å². The SMILES string of the molecule is CSCC(=O)N1C(=O)C=C[C@@H]1O. The van der Waals surface area contributed by atoms with Crippen LogP contribution in [0.4, 0.5) is 0 Å². The quantitative estimate of drug-likeness (QED) is 0.638. The molecule has 0 aromatic rings. The van der Waals surface area contributed by atoms with Gasteiger partial charge < -0.3 is 5.11 Å². The first kappa shape index (κ1) is 9.28. The van der Waals surface area contributed by atoms with Gasteiger partial charge >= 0.3 is 0 Å². The molecule has 1 N–H and O–H groups in total. The lowest BCUT2D eigenvalue weighted by atomic mass is 10.5. The third-order valence-electron chi connectivity index (χ3n) is 1.45. The summed E-state index contributed by atoms with van der Waals surface area (Å²) in [4.78, 5) is 22.9. The van der Waals surface area contributed by atoms with Crippen LogP contribution in [-0.4, -0.2) is 40.1 Å². The minimum atomic E-state index is -1.07. The van der Waals surface area contributed by atoms with Gasteiger partial charge in [-0.1, -0.05) is 0 Å². The van der Waals surface area contributed by atoms with E-state index in [1.807, 2.05) is 0 Å². The Morgan fingerprint density at radius 3 is 2.92 bits per heavy atom. The van der Waals surface area contributed by atoms with Crippen molar-refractivity contribution >= 4 is 23.6 Å². The van der Waals surface area contributed by atoms with Gasteiger partial charge in [0.05, 0.1) is 5.75 Å². The van der Waals surface area contributed by atoms with Crippen molar-refractivity contribution in [2.75, 3.05) is 12.0 Å². The molecule has 1 aliphatic rings. The zero-order valence-corrected chi connectivity index (χ0v) is 7.37. The van der Waals surface area contributed by atoms with Crippen molar-refractivity contribution in [3.63, 3.8) is 0 Å². The second kappa shape index (κ2) is 3.73. The molecule has 12 heavy (non-hydrogen) atoms. The molecule has 1 aliphatic heterocycles. The maximum atomic E-state index is 11.2. The lowest BCUT2D eigenvalue weighted by Crippen LogP contribution is -2.40. The van der Waals surface area contributed by atoms with E-state index in [1.54, 1.807) is 6.26 Å². The molecule has 0 saturated carbocycles. The van der Waals surface area contributed by atoms with Gasteiger partial charge in [0.15, 0.2) is 6.23 Å². The molecule has 1 rings (SSSR count). The van der Waals surface area contributed by atoms with Crippen LogP contribution in [0.1, 0.15) is 0 Å². The molecular weight excluding hydrogens is 178 g/mol. The molecule has 0 spiro atoms.